The quantitative estimate of drug-likeness (QED) is 0.916. The molecule has 3 rings (SSSR count). The molecule has 1 aromatic rings. The SMILES string of the molecule is CCN1CCC[C@@H](Nc2nc(C)cc(C3CCC3)n2)C1. The van der Waals surface area contributed by atoms with Crippen molar-refractivity contribution < 1.29 is 0 Å². The molecule has 4 heteroatoms. The highest BCUT2D eigenvalue weighted by Gasteiger charge is 2.23. The lowest BCUT2D eigenvalue weighted by molar-refractivity contribution is 0.226. The predicted octanol–water partition coefficient (Wildman–Crippen LogP) is 2.95. The van der Waals surface area contributed by atoms with E-state index in [-0.39, 0.29) is 0 Å². The highest BCUT2D eigenvalue weighted by molar-refractivity contribution is 5.31. The minimum absolute atomic E-state index is 0.500. The molecule has 4 nitrogen and oxygen atoms in total. The topological polar surface area (TPSA) is 41.0 Å². The Morgan fingerprint density at radius 2 is 2.10 bits per heavy atom. The van der Waals surface area contributed by atoms with Crippen LogP contribution >= 0.6 is 0 Å². The molecule has 0 aromatic carbocycles. The number of anilines is 1. The van der Waals surface area contributed by atoms with E-state index >= 15 is 0 Å². The Morgan fingerprint density at radius 1 is 1.25 bits per heavy atom. The second kappa shape index (κ2) is 6.08. The normalized spacial score (nSPS) is 24.4. The van der Waals surface area contributed by atoms with Gasteiger partial charge in [-0.3, -0.25) is 0 Å². The number of aryl methyl sites for hydroxylation is 1. The maximum absolute atomic E-state index is 4.76. The van der Waals surface area contributed by atoms with Gasteiger partial charge in [0.05, 0.1) is 0 Å². The van der Waals surface area contributed by atoms with Crippen LogP contribution in [0, 0.1) is 6.92 Å². The largest absolute Gasteiger partial charge is 0.350 e. The van der Waals surface area contributed by atoms with E-state index in [0.717, 1.165) is 24.7 Å². The van der Waals surface area contributed by atoms with Crippen molar-refractivity contribution in [3.63, 3.8) is 0 Å². The van der Waals surface area contributed by atoms with E-state index in [1.807, 2.05) is 0 Å². The van der Waals surface area contributed by atoms with Gasteiger partial charge in [0.2, 0.25) is 5.95 Å². The highest BCUT2D eigenvalue weighted by atomic mass is 15.2. The van der Waals surface area contributed by atoms with Gasteiger partial charge < -0.3 is 10.2 Å². The van der Waals surface area contributed by atoms with E-state index in [2.05, 4.69) is 35.1 Å². The van der Waals surface area contributed by atoms with Gasteiger partial charge in [0.15, 0.2) is 0 Å². The molecule has 0 amide bonds. The number of rotatable bonds is 4. The van der Waals surface area contributed by atoms with E-state index < -0.39 is 0 Å². The van der Waals surface area contributed by atoms with Gasteiger partial charge >= 0.3 is 0 Å². The third kappa shape index (κ3) is 3.11. The minimum Gasteiger partial charge on any atom is -0.350 e. The first-order valence-corrected chi connectivity index (χ1v) is 8.09. The summed E-state index contributed by atoms with van der Waals surface area (Å²) in [5.74, 6) is 1.52. The Kier molecular flexibility index (Phi) is 4.20. The summed E-state index contributed by atoms with van der Waals surface area (Å²) in [6.07, 6.45) is 6.44. The fourth-order valence-corrected chi connectivity index (χ4v) is 3.21. The van der Waals surface area contributed by atoms with Crippen LogP contribution in [0.3, 0.4) is 0 Å². The number of aromatic nitrogens is 2. The third-order valence-corrected chi connectivity index (χ3v) is 4.68. The summed E-state index contributed by atoms with van der Waals surface area (Å²) in [6.45, 7) is 7.80. The van der Waals surface area contributed by atoms with Crippen LogP contribution in [0.15, 0.2) is 6.07 Å². The molecule has 2 fully saturated rings. The molecule has 2 aliphatic rings. The lowest BCUT2D eigenvalue weighted by Crippen LogP contribution is -2.42. The summed E-state index contributed by atoms with van der Waals surface area (Å²) in [6, 6.07) is 2.66. The van der Waals surface area contributed by atoms with Crippen LogP contribution in [0.4, 0.5) is 5.95 Å². The molecular weight excluding hydrogens is 248 g/mol. The maximum Gasteiger partial charge on any atom is 0.223 e. The van der Waals surface area contributed by atoms with E-state index in [1.54, 1.807) is 0 Å². The lowest BCUT2D eigenvalue weighted by atomic mass is 9.83. The monoisotopic (exact) mass is 274 g/mol. The van der Waals surface area contributed by atoms with Crippen molar-refractivity contribution in [1.29, 1.82) is 0 Å². The van der Waals surface area contributed by atoms with Crippen LogP contribution in [-0.4, -0.2) is 40.5 Å². The average molecular weight is 274 g/mol. The van der Waals surface area contributed by atoms with Crippen LogP contribution in [-0.2, 0) is 0 Å². The van der Waals surface area contributed by atoms with Gasteiger partial charge in [-0.25, -0.2) is 9.97 Å². The molecule has 0 unspecified atom stereocenters. The number of nitrogens with one attached hydrogen (secondary N) is 1. The molecule has 1 aliphatic carbocycles. The molecule has 1 aromatic heterocycles. The van der Waals surface area contributed by atoms with Crippen LogP contribution in [0.5, 0.6) is 0 Å². The third-order valence-electron chi connectivity index (χ3n) is 4.68. The molecule has 1 saturated heterocycles. The smallest absolute Gasteiger partial charge is 0.223 e. The molecule has 1 N–H and O–H groups in total. The Hall–Kier alpha value is -1.16. The fourth-order valence-electron chi connectivity index (χ4n) is 3.21. The van der Waals surface area contributed by atoms with Gasteiger partial charge in [0, 0.05) is 29.9 Å². The van der Waals surface area contributed by atoms with Crippen LogP contribution in [0.25, 0.3) is 0 Å². The van der Waals surface area contributed by atoms with Crippen molar-refractivity contribution in [2.24, 2.45) is 0 Å². The summed E-state index contributed by atoms with van der Waals surface area (Å²) in [4.78, 5) is 11.8. The molecule has 0 spiro atoms. The molecule has 1 saturated carbocycles. The second-order valence-corrected chi connectivity index (χ2v) is 6.26. The summed E-state index contributed by atoms with van der Waals surface area (Å²) < 4.78 is 0. The Balaban J connectivity index is 1.68. The van der Waals surface area contributed by atoms with E-state index in [1.165, 1.54) is 44.3 Å². The number of likely N-dealkylation sites (tertiary alicyclic amines) is 1. The highest BCUT2D eigenvalue weighted by Crippen LogP contribution is 2.35. The second-order valence-electron chi connectivity index (χ2n) is 6.26. The van der Waals surface area contributed by atoms with Crippen LogP contribution in [0.2, 0.25) is 0 Å². The standard InChI is InChI=1S/C16H26N4/c1-3-20-9-5-8-14(11-20)18-16-17-12(2)10-15(19-16)13-6-4-7-13/h10,13-14H,3-9,11H2,1-2H3,(H,17,18,19)/t14-/m1/s1. The van der Waals surface area contributed by atoms with E-state index in [0.29, 0.717) is 12.0 Å². The van der Waals surface area contributed by atoms with Crippen molar-refractivity contribution in [3.05, 3.63) is 17.5 Å². The molecule has 0 radical (unpaired) electrons. The van der Waals surface area contributed by atoms with Gasteiger partial charge in [0.25, 0.3) is 0 Å². The summed E-state index contributed by atoms with van der Waals surface area (Å²) in [5, 5.41) is 3.57. The Bertz CT molecular complexity index is 456. The van der Waals surface area contributed by atoms with Crippen molar-refractivity contribution in [3.8, 4) is 0 Å². The number of likely N-dealkylation sites (N-methyl/N-ethyl adjacent to an activating group) is 1. The first kappa shape index (κ1) is 13.8. The zero-order chi connectivity index (χ0) is 13.9. The van der Waals surface area contributed by atoms with Gasteiger partial charge in [-0.1, -0.05) is 13.3 Å². The minimum atomic E-state index is 0.500. The van der Waals surface area contributed by atoms with Gasteiger partial charge in [-0.2, -0.15) is 0 Å². The fraction of sp³-hybridized carbons (Fsp3) is 0.750. The van der Waals surface area contributed by atoms with Gasteiger partial charge in [-0.05, 0) is 51.8 Å². The van der Waals surface area contributed by atoms with Crippen LogP contribution < -0.4 is 5.32 Å². The molecule has 2 heterocycles. The number of piperidine rings is 1. The zero-order valence-corrected chi connectivity index (χ0v) is 12.7. The molecule has 1 atom stereocenters. The summed E-state index contributed by atoms with van der Waals surface area (Å²) in [7, 11) is 0. The summed E-state index contributed by atoms with van der Waals surface area (Å²) >= 11 is 0. The maximum atomic E-state index is 4.76. The average Bonchev–Trinajstić information content (AvgIpc) is 2.36. The zero-order valence-electron chi connectivity index (χ0n) is 12.7. The molecule has 1 aliphatic heterocycles. The van der Waals surface area contributed by atoms with E-state index in [4.69, 9.17) is 4.98 Å². The molecule has 0 bridgehead atoms. The van der Waals surface area contributed by atoms with Gasteiger partial charge in [-0.15, -0.1) is 0 Å². The molecular formula is C16H26N4. The molecule has 20 heavy (non-hydrogen) atoms. The van der Waals surface area contributed by atoms with Crippen LogP contribution in [0.1, 0.15) is 56.3 Å². The Morgan fingerprint density at radius 3 is 2.80 bits per heavy atom. The van der Waals surface area contributed by atoms with Crippen molar-refractivity contribution >= 4 is 5.95 Å². The van der Waals surface area contributed by atoms with Gasteiger partial charge in [0.1, 0.15) is 0 Å². The Labute approximate surface area is 122 Å². The predicted molar refractivity (Wildman–Crippen MR) is 82.1 cm³/mol. The lowest BCUT2D eigenvalue weighted by Gasteiger charge is -2.32. The van der Waals surface area contributed by atoms with Crippen molar-refractivity contribution in [2.45, 2.75) is 57.9 Å². The molecule has 110 valence electrons. The first-order chi connectivity index (χ1) is 9.74. The van der Waals surface area contributed by atoms with Crippen molar-refractivity contribution in [2.75, 3.05) is 25.0 Å². The number of nitrogens with zero attached hydrogens (tertiary/aromatic N) is 3. The van der Waals surface area contributed by atoms with Crippen molar-refractivity contribution in [1.82, 2.24) is 14.9 Å². The summed E-state index contributed by atoms with van der Waals surface area (Å²) in [5.41, 5.74) is 2.34. The number of hydrogen-bond acceptors (Lipinski definition) is 4. The number of hydrogen-bond donors (Lipinski definition) is 1. The van der Waals surface area contributed by atoms with E-state index in [9.17, 15) is 0 Å². The first-order valence-electron chi connectivity index (χ1n) is 8.09.